The molecular formula is C11H16OSn. The quantitative estimate of drug-likeness (QED) is 0.756. The summed E-state index contributed by atoms with van der Waals surface area (Å²) in [5.41, 5.74) is 0. The molecule has 70 valence electrons. The Morgan fingerprint density at radius 3 is 2.31 bits per heavy atom. The minimum atomic E-state index is -0.527. The number of para-hydroxylation sites is 1. The number of ether oxygens (including phenoxy) is 1. The van der Waals surface area contributed by atoms with Crippen molar-refractivity contribution in [2.24, 2.45) is 0 Å². The molecule has 0 unspecified atom stereocenters. The second-order valence-corrected chi connectivity index (χ2v) is 10.6. The van der Waals surface area contributed by atoms with Crippen LogP contribution in [0.15, 0.2) is 24.3 Å². The van der Waals surface area contributed by atoms with Gasteiger partial charge in [0.1, 0.15) is 0 Å². The molecule has 0 aliphatic heterocycles. The van der Waals surface area contributed by atoms with Crippen LogP contribution >= 0.6 is 0 Å². The molecule has 1 aromatic rings. The van der Waals surface area contributed by atoms with Gasteiger partial charge in [-0.15, -0.1) is 0 Å². The summed E-state index contributed by atoms with van der Waals surface area (Å²) >= 11 is -0.527. The van der Waals surface area contributed by atoms with Gasteiger partial charge in [0.05, 0.1) is 0 Å². The third kappa shape index (κ3) is 3.59. The van der Waals surface area contributed by atoms with Crippen molar-refractivity contribution in [2.75, 3.05) is 7.11 Å². The van der Waals surface area contributed by atoms with Gasteiger partial charge in [-0.1, -0.05) is 0 Å². The minimum absolute atomic E-state index is 0.484. The van der Waals surface area contributed by atoms with Crippen LogP contribution in [-0.2, 0) is 0 Å². The van der Waals surface area contributed by atoms with Crippen molar-refractivity contribution >= 4 is 24.7 Å². The predicted molar refractivity (Wildman–Crippen MR) is 58.1 cm³/mol. The summed E-state index contributed by atoms with van der Waals surface area (Å²) < 4.78 is 7.28. The molecule has 1 nitrogen and oxygen atoms in total. The average Bonchev–Trinajstić information content (AvgIpc) is 2.02. The third-order valence-corrected chi connectivity index (χ3v) is 5.70. The van der Waals surface area contributed by atoms with Crippen molar-refractivity contribution in [3.63, 3.8) is 0 Å². The van der Waals surface area contributed by atoms with Crippen molar-refractivity contribution in [1.82, 2.24) is 0 Å². The Morgan fingerprint density at radius 2 is 1.77 bits per heavy atom. The van der Waals surface area contributed by atoms with Gasteiger partial charge in [0.25, 0.3) is 0 Å². The molecule has 0 aromatic heterocycles. The van der Waals surface area contributed by atoms with E-state index in [4.69, 9.17) is 4.74 Å². The Hall–Kier alpha value is -0.181. The zero-order valence-corrected chi connectivity index (χ0v) is 11.6. The molecule has 0 aliphatic carbocycles. The van der Waals surface area contributed by atoms with Gasteiger partial charge in [-0.3, -0.25) is 0 Å². The Morgan fingerprint density at radius 1 is 1.15 bits per heavy atom. The molecular weight excluding hydrogens is 267 g/mol. The molecule has 1 aromatic carbocycles. The number of rotatable bonds is 2. The summed E-state index contributed by atoms with van der Waals surface area (Å²) in [6.45, 7) is 6.93. The van der Waals surface area contributed by atoms with E-state index in [-0.39, 0.29) is 0 Å². The van der Waals surface area contributed by atoms with E-state index in [9.17, 15) is 0 Å². The van der Waals surface area contributed by atoms with Gasteiger partial charge in [0.15, 0.2) is 0 Å². The Bertz CT molecular complexity index is 276. The molecule has 0 aliphatic rings. The second-order valence-electron chi connectivity index (χ2n) is 4.08. The molecule has 0 atom stereocenters. The van der Waals surface area contributed by atoms with Gasteiger partial charge < -0.3 is 0 Å². The number of benzene rings is 1. The number of hydrogen-bond acceptors (Lipinski definition) is 1. The molecule has 0 heterocycles. The summed E-state index contributed by atoms with van der Waals surface area (Å²) in [6, 6.07) is 8.40. The maximum atomic E-state index is 5.33. The van der Waals surface area contributed by atoms with E-state index in [0.29, 0.717) is 3.43 Å². The number of methoxy groups -OCH3 is 1. The molecule has 0 bridgehead atoms. The van der Waals surface area contributed by atoms with Gasteiger partial charge in [0, 0.05) is 0 Å². The molecule has 2 radical (unpaired) electrons. The van der Waals surface area contributed by atoms with Crippen LogP contribution < -0.4 is 8.32 Å². The van der Waals surface area contributed by atoms with Crippen LogP contribution in [0.25, 0.3) is 0 Å². The first-order chi connectivity index (χ1) is 6.03. The van der Waals surface area contributed by atoms with E-state index < -0.39 is 21.1 Å². The van der Waals surface area contributed by atoms with Crippen molar-refractivity contribution < 1.29 is 4.74 Å². The standard InChI is InChI=1S/C7H7O.C4H9.Sn/c1-8-7-5-3-2-4-6-7;1-4(2)3;/h2-5H,1H3;1-3H3;. The monoisotopic (exact) mass is 284 g/mol. The van der Waals surface area contributed by atoms with E-state index in [1.165, 1.54) is 3.58 Å². The second kappa shape index (κ2) is 4.36. The van der Waals surface area contributed by atoms with Crippen LogP contribution in [0.3, 0.4) is 0 Å². The van der Waals surface area contributed by atoms with Gasteiger partial charge in [-0.2, -0.15) is 0 Å². The fourth-order valence-corrected chi connectivity index (χ4v) is 4.85. The predicted octanol–water partition coefficient (Wildman–Crippen LogP) is 2.24. The van der Waals surface area contributed by atoms with Crippen molar-refractivity contribution in [2.45, 2.75) is 24.2 Å². The van der Waals surface area contributed by atoms with E-state index in [2.05, 4.69) is 39.0 Å². The Labute approximate surface area is 90.7 Å². The molecule has 2 heteroatoms. The van der Waals surface area contributed by atoms with Gasteiger partial charge >= 0.3 is 90.8 Å². The number of hydrogen-bond donors (Lipinski definition) is 0. The fourth-order valence-electron chi connectivity index (χ4n) is 1.15. The van der Waals surface area contributed by atoms with E-state index >= 15 is 0 Å². The first-order valence-corrected chi connectivity index (χ1v) is 7.29. The van der Waals surface area contributed by atoms with Crippen molar-refractivity contribution in [3.8, 4) is 5.75 Å². The van der Waals surface area contributed by atoms with E-state index in [1.54, 1.807) is 7.11 Å². The molecule has 0 saturated heterocycles. The Kier molecular flexibility index (Phi) is 3.65. The fraction of sp³-hybridized carbons (Fsp3) is 0.455. The van der Waals surface area contributed by atoms with E-state index in [1.807, 2.05) is 6.07 Å². The molecule has 0 saturated carbocycles. The van der Waals surface area contributed by atoms with Crippen LogP contribution in [-0.4, -0.2) is 28.3 Å². The third-order valence-electron chi connectivity index (χ3n) is 1.62. The molecule has 0 N–H and O–H groups in total. The van der Waals surface area contributed by atoms with Crippen LogP contribution in [0.5, 0.6) is 5.75 Å². The zero-order chi connectivity index (χ0) is 9.90. The van der Waals surface area contributed by atoms with Gasteiger partial charge in [0.2, 0.25) is 0 Å². The molecule has 0 fully saturated rings. The summed E-state index contributed by atoms with van der Waals surface area (Å²) in [7, 11) is 1.75. The topological polar surface area (TPSA) is 9.23 Å². The van der Waals surface area contributed by atoms with Crippen LogP contribution in [0.4, 0.5) is 0 Å². The van der Waals surface area contributed by atoms with Crippen LogP contribution in [0, 0.1) is 0 Å². The summed E-state index contributed by atoms with van der Waals surface area (Å²) in [4.78, 5) is 0. The first-order valence-electron chi connectivity index (χ1n) is 4.44. The van der Waals surface area contributed by atoms with Crippen LogP contribution in [0.2, 0.25) is 3.43 Å². The Balaban J connectivity index is 2.87. The van der Waals surface area contributed by atoms with Crippen molar-refractivity contribution in [3.05, 3.63) is 24.3 Å². The van der Waals surface area contributed by atoms with Gasteiger partial charge in [-0.05, 0) is 0 Å². The SMILES string of the molecule is COc1cccc[c]1[Sn][C](C)(C)C. The first kappa shape index (κ1) is 10.9. The van der Waals surface area contributed by atoms with Gasteiger partial charge in [-0.25, -0.2) is 0 Å². The molecule has 13 heavy (non-hydrogen) atoms. The zero-order valence-electron chi connectivity index (χ0n) is 8.72. The average molecular weight is 283 g/mol. The normalized spacial score (nSPS) is 11.4. The summed E-state index contributed by atoms with van der Waals surface area (Å²) in [5, 5.41) is 0. The molecule has 0 amide bonds. The summed E-state index contributed by atoms with van der Waals surface area (Å²) in [5.74, 6) is 1.07. The van der Waals surface area contributed by atoms with Crippen molar-refractivity contribution in [1.29, 1.82) is 0 Å². The maximum absolute atomic E-state index is 5.33. The summed E-state index contributed by atoms with van der Waals surface area (Å²) in [6.07, 6.45) is 0. The molecule has 1 rings (SSSR count). The van der Waals surface area contributed by atoms with Crippen LogP contribution in [0.1, 0.15) is 20.8 Å². The molecule has 0 spiro atoms. The van der Waals surface area contributed by atoms with E-state index in [0.717, 1.165) is 5.75 Å².